The summed E-state index contributed by atoms with van der Waals surface area (Å²) < 4.78 is 88.7. The quantitative estimate of drug-likeness (QED) is 0.300. The van der Waals surface area contributed by atoms with Gasteiger partial charge in [0, 0.05) is 11.1 Å². The van der Waals surface area contributed by atoms with Crippen molar-refractivity contribution in [1.29, 1.82) is 0 Å². The van der Waals surface area contributed by atoms with E-state index in [1.807, 2.05) is 0 Å². The van der Waals surface area contributed by atoms with Crippen LogP contribution in [-0.4, -0.2) is 11.9 Å². The smallest absolute Gasteiger partial charge is 0.416 e. The molecule has 0 heterocycles. The SMILES string of the molecule is O=C(OCc1ccccc1C(F)(F)F)c1ccccc1C(=O)OCc1ccccc1C(F)(F)F. The van der Waals surface area contributed by atoms with Gasteiger partial charge in [0.05, 0.1) is 22.3 Å². The van der Waals surface area contributed by atoms with Crippen LogP contribution in [0.25, 0.3) is 0 Å². The van der Waals surface area contributed by atoms with Gasteiger partial charge in [0.2, 0.25) is 0 Å². The zero-order chi connectivity index (χ0) is 24.9. The molecule has 10 heteroatoms. The third-order valence-electron chi connectivity index (χ3n) is 4.73. The van der Waals surface area contributed by atoms with Crippen LogP contribution in [0.1, 0.15) is 43.0 Å². The molecule has 0 aliphatic heterocycles. The molecule has 3 rings (SSSR count). The highest BCUT2D eigenvalue weighted by Gasteiger charge is 2.34. The molecule has 0 aliphatic rings. The Morgan fingerprint density at radius 1 is 0.559 bits per heavy atom. The predicted octanol–water partition coefficient (Wildman–Crippen LogP) is 6.44. The lowest BCUT2D eigenvalue weighted by Gasteiger charge is -2.14. The Hall–Kier alpha value is -3.82. The second-order valence-electron chi connectivity index (χ2n) is 7.01. The molecule has 0 saturated carbocycles. The Kier molecular flexibility index (Phi) is 7.29. The fourth-order valence-electron chi connectivity index (χ4n) is 3.13. The number of halogens is 6. The molecule has 0 aromatic heterocycles. The van der Waals surface area contributed by atoms with E-state index in [1.54, 1.807) is 0 Å². The summed E-state index contributed by atoms with van der Waals surface area (Å²) >= 11 is 0. The highest BCUT2D eigenvalue weighted by molar-refractivity contribution is 6.03. The normalized spacial score (nSPS) is 11.7. The molecule has 0 unspecified atom stereocenters. The van der Waals surface area contributed by atoms with Gasteiger partial charge in [-0.15, -0.1) is 0 Å². The first-order valence-corrected chi connectivity index (χ1v) is 9.72. The molecule has 0 fully saturated rings. The lowest BCUT2D eigenvalue weighted by Crippen LogP contribution is -2.16. The summed E-state index contributed by atoms with van der Waals surface area (Å²) in [5.41, 5.74) is -3.13. The number of benzene rings is 3. The van der Waals surface area contributed by atoms with Gasteiger partial charge in [0.15, 0.2) is 0 Å². The van der Waals surface area contributed by atoms with E-state index < -0.39 is 48.6 Å². The first-order valence-electron chi connectivity index (χ1n) is 9.72. The summed E-state index contributed by atoms with van der Waals surface area (Å²) in [5, 5.41) is 0. The number of ether oxygens (including phenoxy) is 2. The van der Waals surface area contributed by atoms with Crippen molar-refractivity contribution >= 4 is 11.9 Å². The van der Waals surface area contributed by atoms with Gasteiger partial charge in [-0.1, -0.05) is 48.5 Å². The van der Waals surface area contributed by atoms with Crippen LogP contribution in [0.3, 0.4) is 0 Å². The molecule has 3 aromatic carbocycles. The Balaban J connectivity index is 1.74. The summed E-state index contributed by atoms with van der Waals surface area (Å²) in [6.45, 7) is -1.42. The van der Waals surface area contributed by atoms with E-state index in [1.165, 1.54) is 48.5 Å². The molecule has 178 valence electrons. The average Bonchev–Trinajstić information content (AvgIpc) is 2.80. The third kappa shape index (κ3) is 5.94. The van der Waals surface area contributed by atoms with Crippen molar-refractivity contribution in [3.05, 3.63) is 106 Å². The highest BCUT2D eigenvalue weighted by atomic mass is 19.4. The van der Waals surface area contributed by atoms with Crippen molar-refractivity contribution < 1.29 is 45.4 Å². The number of alkyl halides is 6. The van der Waals surface area contributed by atoms with Crippen molar-refractivity contribution in [2.45, 2.75) is 25.6 Å². The lowest BCUT2D eigenvalue weighted by atomic mass is 10.1. The molecule has 4 nitrogen and oxygen atoms in total. The summed E-state index contributed by atoms with van der Waals surface area (Å²) in [5.74, 6) is -2.19. The average molecular weight is 482 g/mol. The Bertz CT molecular complexity index is 1090. The largest absolute Gasteiger partial charge is 0.457 e. The van der Waals surface area contributed by atoms with Crippen molar-refractivity contribution in [1.82, 2.24) is 0 Å². The molecule has 0 saturated heterocycles. The standard InChI is InChI=1S/C24H16F6O4/c25-23(26,27)19-11-5-1-7-15(19)13-33-21(31)17-9-3-4-10-18(17)22(32)34-14-16-8-2-6-12-20(16)24(28,29)30/h1-12H,13-14H2. The van der Waals surface area contributed by atoms with Crippen LogP contribution in [0.5, 0.6) is 0 Å². The molecule has 0 N–H and O–H groups in total. The van der Waals surface area contributed by atoms with Crippen molar-refractivity contribution in [3.8, 4) is 0 Å². The van der Waals surface area contributed by atoms with Crippen LogP contribution in [-0.2, 0) is 35.0 Å². The molecule has 0 spiro atoms. The topological polar surface area (TPSA) is 52.6 Å². The summed E-state index contributed by atoms with van der Waals surface area (Å²) in [6, 6.07) is 14.2. The number of esters is 2. The molecule has 0 radical (unpaired) electrons. The summed E-state index contributed by atoms with van der Waals surface area (Å²) in [7, 11) is 0. The lowest BCUT2D eigenvalue weighted by molar-refractivity contribution is -0.139. The van der Waals surface area contributed by atoms with Gasteiger partial charge in [-0.05, 0) is 24.3 Å². The van der Waals surface area contributed by atoms with E-state index in [0.717, 1.165) is 24.3 Å². The molecular weight excluding hydrogens is 466 g/mol. The molecular formula is C24H16F6O4. The Labute approximate surface area is 189 Å². The number of carbonyl (C=O) groups is 2. The molecule has 0 atom stereocenters. The Morgan fingerprint density at radius 3 is 1.24 bits per heavy atom. The third-order valence-corrected chi connectivity index (χ3v) is 4.73. The fourth-order valence-corrected chi connectivity index (χ4v) is 3.13. The van der Waals surface area contributed by atoms with Gasteiger partial charge >= 0.3 is 24.3 Å². The Morgan fingerprint density at radius 2 is 0.882 bits per heavy atom. The van der Waals surface area contributed by atoms with Crippen LogP contribution < -0.4 is 0 Å². The van der Waals surface area contributed by atoms with E-state index in [2.05, 4.69) is 0 Å². The number of rotatable bonds is 6. The van der Waals surface area contributed by atoms with E-state index >= 15 is 0 Å². The van der Waals surface area contributed by atoms with Gasteiger partial charge in [0.25, 0.3) is 0 Å². The maximum absolute atomic E-state index is 13.1. The van der Waals surface area contributed by atoms with Crippen LogP contribution >= 0.6 is 0 Å². The fraction of sp³-hybridized carbons (Fsp3) is 0.167. The molecule has 0 amide bonds. The van der Waals surface area contributed by atoms with E-state index in [9.17, 15) is 35.9 Å². The second-order valence-corrected chi connectivity index (χ2v) is 7.01. The molecule has 3 aromatic rings. The first-order chi connectivity index (χ1) is 16.0. The van der Waals surface area contributed by atoms with E-state index in [0.29, 0.717) is 0 Å². The highest BCUT2D eigenvalue weighted by Crippen LogP contribution is 2.33. The first kappa shape index (κ1) is 24.8. The minimum atomic E-state index is -4.66. The van der Waals surface area contributed by atoms with E-state index in [4.69, 9.17) is 9.47 Å². The molecule has 0 aliphatic carbocycles. The number of hydrogen-bond donors (Lipinski definition) is 0. The van der Waals surface area contributed by atoms with Gasteiger partial charge in [-0.3, -0.25) is 0 Å². The summed E-state index contributed by atoms with van der Waals surface area (Å²) in [6.07, 6.45) is -9.31. The minimum absolute atomic E-state index is 0.285. The van der Waals surface area contributed by atoms with Crippen LogP contribution in [0.4, 0.5) is 26.3 Å². The van der Waals surface area contributed by atoms with Crippen LogP contribution in [0.15, 0.2) is 72.8 Å². The van der Waals surface area contributed by atoms with E-state index in [-0.39, 0.29) is 22.3 Å². The van der Waals surface area contributed by atoms with Crippen molar-refractivity contribution in [2.24, 2.45) is 0 Å². The van der Waals surface area contributed by atoms with Gasteiger partial charge < -0.3 is 9.47 Å². The molecule has 0 bridgehead atoms. The maximum Gasteiger partial charge on any atom is 0.416 e. The maximum atomic E-state index is 13.1. The van der Waals surface area contributed by atoms with Crippen LogP contribution in [0.2, 0.25) is 0 Å². The zero-order valence-electron chi connectivity index (χ0n) is 17.2. The zero-order valence-corrected chi connectivity index (χ0v) is 17.2. The summed E-state index contributed by atoms with van der Waals surface area (Å²) in [4.78, 5) is 25.0. The second kappa shape index (κ2) is 9.98. The molecule has 34 heavy (non-hydrogen) atoms. The number of carbonyl (C=O) groups excluding carboxylic acids is 2. The van der Waals surface area contributed by atoms with Gasteiger partial charge in [0.1, 0.15) is 13.2 Å². The number of hydrogen-bond acceptors (Lipinski definition) is 4. The van der Waals surface area contributed by atoms with Crippen molar-refractivity contribution in [2.75, 3.05) is 0 Å². The van der Waals surface area contributed by atoms with Gasteiger partial charge in [-0.2, -0.15) is 26.3 Å². The van der Waals surface area contributed by atoms with Crippen molar-refractivity contribution in [3.63, 3.8) is 0 Å². The van der Waals surface area contributed by atoms with Gasteiger partial charge in [-0.25, -0.2) is 9.59 Å². The predicted molar refractivity (Wildman–Crippen MR) is 108 cm³/mol. The monoisotopic (exact) mass is 482 g/mol. The minimum Gasteiger partial charge on any atom is -0.457 e. The van der Waals surface area contributed by atoms with Crippen LogP contribution in [0, 0.1) is 0 Å².